The van der Waals surface area contributed by atoms with E-state index >= 15 is 0 Å². The summed E-state index contributed by atoms with van der Waals surface area (Å²) in [5.74, 6) is 2.59. The molecule has 0 N–H and O–H groups in total. The molecule has 24 heavy (non-hydrogen) atoms. The highest BCUT2D eigenvalue weighted by atomic mass is 19.1. The van der Waals surface area contributed by atoms with Gasteiger partial charge in [-0.05, 0) is 43.1 Å². The molecule has 0 radical (unpaired) electrons. The van der Waals surface area contributed by atoms with Crippen LogP contribution in [0.5, 0.6) is 0 Å². The monoisotopic (exact) mass is 330 g/mol. The van der Waals surface area contributed by atoms with Crippen LogP contribution in [0.4, 0.5) is 4.39 Å². The Morgan fingerprint density at radius 3 is 2.54 bits per heavy atom. The molecule has 1 heterocycles. The number of carbonyl (C=O) groups is 1. The smallest absolute Gasteiger partial charge is 0.222 e. The lowest BCUT2D eigenvalue weighted by Crippen LogP contribution is -2.48. The van der Waals surface area contributed by atoms with Crippen LogP contribution in [-0.4, -0.2) is 41.9 Å². The van der Waals surface area contributed by atoms with Crippen LogP contribution in [-0.2, 0) is 11.3 Å². The first-order chi connectivity index (χ1) is 11.7. The van der Waals surface area contributed by atoms with Gasteiger partial charge in [-0.15, -0.1) is 0 Å². The van der Waals surface area contributed by atoms with Crippen LogP contribution >= 0.6 is 0 Å². The second-order valence-electron chi connectivity index (χ2n) is 7.89. The number of hydrogen-bond donors (Lipinski definition) is 0. The lowest BCUT2D eigenvalue weighted by molar-refractivity contribution is -0.134. The quantitative estimate of drug-likeness (QED) is 0.846. The molecule has 1 aromatic rings. The van der Waals surface area contributed by atoms with Crippen molar-refractivity contribution in [3.8, 4) is 0 Å². The lowest BCUT2D eigenvalue weighted by Gasteiger charge is -2.35. The average molecular weight is 330 g/mol. The van der Waals surface area contributed by atoms with E-state index in [-0.39, 0.29) is 5.82 Å². The van der Waals surface area contributed by atoms with Gasteiger partial charge in [-0.3, -0.25) is 9.69 Å². The minimum atomic E-state index is -0.132. The number of piperazine rings is 1. The van der Waals surface area contributed by atoms with E-state index in [4.69, 9.17) is 0 Å². The molecule has 2 bridgehead atoms. The molecule has 4 rings (SSSR count). The molecule has 1 aliphatic heterocycles. The van der Waals surface area contributed by atoms with Gasteiger partial charge in [0, 0.05) is 44.7 Å². The minimum Gasteiger partial charge on any atom is -0.340 e. The number of amides is 1. The van der Waals surface area contributed by atoms with Crippen molar-refractivity contribution in [1.29, 1.82) is 0 Å². The first-order valence-corrected chi connectivity index (χ1v) is 9.42. The van der Waals surface area contributed by atoms with E-state index in [0.717, 1.165) is 50.0 Å². The number of hydrogen-bond acceptors (Lipinski definition) is 2. The number of fused-ring (bicyclic) bond motifs is 2. The van der Waals surface area contributed by atoms with Crippen LogP contribution < -0.4 is 0 Å². The van der Waals surface area contributed by atoms with Crippen molar-refractivity contribution in [1.82, 2.24) is 9.80 Å². The van der Waals surface area contributed by atoms with Crippen molar-refractivity contribution in [2.24, 2.45) is 17.8 Å². The summed E-state index contributed by atoms with van der Waals surface area (Å²) in [5, 5.41) is 0. The molecule has 1 aromatic carbocycles. The summed E-state index contributed by atoms with van der Waals surface area (Å²) in [7, 11) is 0. The molecule has 4 heteroatoms. The van der Waals surface area contributed by atoms with Crippen LogP contribution in [0.15, 0.2) is 24.3 Å². The van der Waals surface area contributed by atoms with E-state index in [0.29, 0.717) is 18.4 Å². The number of nitrogens with zero attached hydrogens (tertiary/aromatic N) is 2. The van der Waals surface area contributed by atoms with Crippen LogP contribution in [0, 0.1) is 23.6 Å². The van der Waals surface area contributed by atoms with Gasteiger partial charge in [0.2, 0.25) is 5.91 Å². The SMILES string of the molecule is O=C(CC1CC2CCC1C2)N1CCN(Cc2ccccc2F)CC1. The van der Waals surface area contributed by atoms with E-state index in [1.54, 1.807) is 6.07 Å². The third-order valence-electron chi connectivity index (χ3n) is 6.40. The van der Waals surface area contributed by atoms with Gasteiger partial charge in [0.15, 0.2) is 0 Å². The molecule has 3 aliphatic rings. The van der Waals surface area contributed by atoms with Crippen molar-refractivity contribution in [3.05, 3.63) is 35.6 Å². The van der Waals surface area contributed by atoms with Gasteiger partial charge in [0.25, 0.3) is 0 Å². The molecule has 3 atom stereocenters. The van der Waals surface area contributed by atoms with E-state index in [1.807, 2.05) is 17.0 Å². The molecule has 1 saturated heterocycles. The van der Waals surface area contributed by atoms with E-state index in [1.165, 1.54) is 31.7 Å². The van der Waals surface area contributed by atoms with Crippen molar-refractivity contribution in [2.75, 3.05) is 26.2 Å². The second-order valence-corrected chi connectivity index (χ2v) is 7.89. The molecule has 3 nitrogen and oxygen atoms in total. The zero-order chi connectivity index (χ0) is 16.5. The highest BCUT2D eigenvalue weighted by molar-refractivity contribution is 5.76. The maximum absolute atomic E-state index is 13.8. The Morgan fingerprint density at radius 2 is 1.88 bits per heavy atom. The Labute approximate surface area is 143 Å². The normalized spacial score (nSPS) is 30.0. The van der Waals surface area contributed by atoms with Gasteiger partial charge in [-0.2, -0.15) is 0 Å². The summed E-state index contributed by atoms with van der Waals surface area (Å²) < 4.78 is 13.8. The first kappa shape index (κ1) is 16.1. The Balaban J connectivity index is 1.25. The number of halogens is 1. The number of rotatable bonds is 4. The summed E-state index contributed by atoms with van der Waals surface area (Å²) in [6.45, 7) is 3.90. The van der Waals surface area contributed by atoms with Crippen LogP contribution in [0.1, 0.15) is 37.7 Å². The largest absolute Gasteiger partial charge is 0.340 e. The molecule has 2 saturated carbocycles. The highest BCUT2D eigenvalue weighted by Gasteiger charge is 2.40. The van der Waals surface area contributed by atoms with Gasteiger partial charge >= 0.3 is 0 Å². The number of benzene rings is 1. The molecule has 3 fully saturated rings. The van der Waals surface area contributed by atoms with Crippen LogP contribution in [0.2, 0.25) is 0 Å². The molecule has 0 spiro atoms. The van der Waals surface area contributed by atoms with E-state index < -0.39 is 0 Å². The molecule has 0 aromatic heterocycles. The van der Waals surface area contributed by atoms with Gasteiger partial charge in [0.1, 0.15) is 5.82 Å². The third kappa shape index (κ3) is 3.34. The fraction of sp³-hybridized carbons (Fsp3) is 0.650. The Hall–Kier alpha value is -1.42. The average Bonchev–Trinajstić information content (AvgIpc) is 3.20. The highest BCUT2D eigenvalue weighted by Crippen LogP contribution is 2.49. The van der Waals surface area contributed by atoms with E-state index in [9.17, 15) is 9.18 Å². The van der Waals surface area contributed by atoms with Gasteiger partial charge in [-0.1, -0.05) is 24.6 Å². The van der Waals surface area contributed by atoms with Gasteiger partial charge in [-0.25, -0.2) is 4.39 Å². The predicted molar refractivity (Wildman–Crippen MR) is 91.8 cm³/mol. The van der Waals surface area contributed by atoms with Crippen LogP contribution in [0.25, 0.3) is 0 Å². The first-order valence-electron chi connectivity index (χ1n) is 9.42. The van der Waals surface area contributed by atoms with Crippen molar-refractivity contribution >= 4 is 5.91 Å². The summed E-state index contributed by atoms with van der Waals surface area (Å²) in [6.07, 6.45) is 6.15. The second kappa shape index (κ2) is 6.83. The molecular weight excluding hydrogens is 303 g/mol. The zero-order valence-electron chi connectivity index (χ0n) is 14.3. The third-order valence-corrected chi connectivity index (χ3v) is 6.40. The Kier molecular flexibility index (Phi) is 4.57. The fourth-order valence-electron chi connectivity index (χ4n) is 5.00. The molecule has 130 valence electrons. The van der Waals surface area contributed by atoms with Gasteiger partial charge < -0.3 is 4.90 Å². The molecular formula is C20H27FN2O. The van der Waals surface area contributed by atoms with Crippen molar-refractivity contribution < 1.29 is 9.18 Å². The van der Waals surface area contributed by atoms with Crippen LogP contribution in [0.3, 0.4) is 0 Å². The Morgan fingerprint density at radius 1 is 1.08 bits per heavy atom. The van der Waals surface area contributed by atoms with Gasteiger partial charge in [0.05, 0.1) is 0 Å². The van der Waals surface area contributed by atoms with Crippen molar-refractivity contribution in [2.45, 2.75) is 38.6 Å². The zero-order valence-corrected chi connectivity index (χ0v) is 14.3. The minimum absolute atomic E-state index is 0.132. The maximum atomic E-state index is 13.8. The molecule has 2 aliphatic carbocycles. The maximum Gasteiger partial charge on any atom is 0.222 e. The standard InChI is InChI=1S/C20H27FN2O/c21-19-4-2-1-3-17(19)14-22-7-9-23(10-8-22)20(24)13-18-12-15-5-6-16(18)11-15/h1-4,15-16,18H,5-14H2. The molecule has 3 unspecified atom stereocenters. The van der Waals surface area contributed by atoms with Crippen molar-refractivity contribution in [3.63, 3.8) is 0 Å². The Bertz CT molecular complexity index is 597. The topological polar surface area (TPSA) is 23.6 Å². The number of carbonyl (C=O) groups excluding carboxylic acids is 1. The summed E-state index contributed by atoms with van der Waals surface area (Å²) in [6, 6.07) is 6.98. The summed E-state index contributed by atoms with van der Waals surface area (Å²) in [5.41, 5.74) is 0.749. The lowest BCUT2D eigenvalue weighted by atomic mass is 9.86. The predicted octanol–water partition coefficient (Wildman–Crippen LogP) is 3.30. The van der Waals surface area contributed by atoms with E-state index in [2.05, 4.69) is 4.90 Å². The molecule has 1 amide bonds. The fourth-order valence-corrected chi connectivity index (χ4v) is 5.00. The summed E-state index contributed by atoms with van der Waals surface area (Å²) in [4.78, 5) is 16.9. The summed E-state index contributed by atoms with van der Waals surface area (Å²) >= 11 is 0.